The number of hydrogen-bond acceptors (Lipinski definition) is 3. The average Bonchev–Trinajstić information content (AvgIpc) is 3.14. The molecule has 6 heteroatoms. The van der Waals surface area contributed by atoms with Crippen LogP contribution in [0.25, 0.3) is 6.08 Å². The first-order valence-corrected chi connectivity index (χ1v) is 10.4. The Kier molecular flexibility index (Phi) is 6.79. The molecule has 5 nitrogen and oxygen atoms in total. The molecule has 0 radical (unpaired) electrons. The van der Waals surface area contributed by atoms with Crippen LogP contribution in [0.3, 0.4) is 0 Å². The molecule has 1 fully saturated rings. The van der Waals surface area contributed by atoms with E-state index in [0.717, 1.165) is 18.4 Å². The molecule has 0 aliphatic heterocycles. The van der Waals surface area contributed by atoms with Gasteiger partial charge in [0.05, 0.1) is 4.90 Å². The maximum Gasteiger partial charge on any atom is 0.246 e. The third-order valence-electron chi connectivity index (χ3n) is 4.86. The maximum absolute atomic E-state index is 12.5. The molecule has 0 heterocycles. The molecule has 1 aromatic rings. The Balaban J connectivity index is 2.06. The quantitative estimate of drug-likeness (QED) is 0.699. The summed E-state index contributed by atoms with van der Waals surface area (Å²) in [6.45, 7) is 4.54. The first-order chi connectivity index (χ1) is 11.9. The number of carbonyl (C=O) groups excluding carboxylic acids is 1. The zero-order chi connectivity index (χ0) is 18.4. The van der Waals surface area contributed by atoms with E-state index in [2.05, 4.69) is 0 Å². The molecule has 1 aliphatic carbocycles. The molecule has 0 atom stereocenters. The number of nitrogens with zero attached hydrogens (tertiary/aromatic N) is 2. The van der Waals surface area contributed by atoms with E-state index in [-0.39, 0.29) is 10.8 Å². The van der Waals surface area contributed by atoms with Gasteiger partial charge in [0.15, 0.2) is 0 Å². The van der Waals surface area contributed by atoms with Crippen LogP contribution in [0.5, 0.6) is 0 Å². The summed E-state index contributed by atoms with van der Waals surface area (Å²) >= 11 is 0. The topological polar surface area (TPSA) is 57.7 Å². The predicted molar refractivity (Wildman–Crippen MR) is 101 cm³/mol. The molecular formula is C19H28N2O3S. The lowest BCUT2D eigenvalue weighted by atomic mass is 10.2. The minimum atomic E-state index is -3.44. The number of likely N-dealkylation sites (N-methyl/N-ethyl adjacent to an activating group) is 1. The van der Waals surface area contributed by atoms with Gasteiger partial charge in [0.2, 0.25) is 15.9 Å². The monoisotopic (exact) mass is 364 g/mol. The van der Waals surface area contributed by atoms with Gasteiger partial charge < -0.3 is 4.90 Å². The summed E-state index contributed by atoms with van der Waals surface area (Å²) in [7, 11) is -1.59. The van der Waals surface area contributed by atoms with Crippen LogP contribution in [-0.2, 0) is 14.8 Å². The second kappa shape index (κ2) is 8.63. The molecule has 0 saturated heterocycles. The fourth-order valence-electron chi connectivity index (χ4n) is 3.22. The fraction of sp³-hybridized carbons (Fsp3) is 0.526. The van der Waals surface area contributed by atoms with Crippen LogP contribution in [0.1, 0.15) is 45.1 Å². The highest BCUT2D eigenvalue weighted by molar-refractivity contribution is 7.89. The highest BCUT2D eigenvalue weighted by Gasteiger charge is 2.22. The van der Waals surface area contributed by atoms with Gasteiger partial charge in [-0.05, 0) is 36.6 Å². The molecule has 2 rings (SSSR count). The molecule has 0 bridgehead atoms. The van der Waals surface area contributed by atoms with Gasteiger partial charge in [0.1, 0.15) is 0 Å². The van der Waals surface area contributed by atoms with Gasteiger partial charge in [0, 0.05) is 32.3 Å². The van der Waals surface area contributed by atoms with E-state index < -0.39 is 10.0 Å². The molecule has 0 aromatic heterocycles. The summed E-state index contributed by atoms with van der Waals surface area (Å²) in [4.78, 5) is 14.3. The Labute approximate surface area is 151 Å². The van der Waals surface area contributed by atoms with Crippen LogP contribution < -0.4 is 0 Å². The van der Waals surface area contributed by atoms with Crippen LogP contribution >= 0.6 is 0 Å². The second-order valence-corrected chi connectivity index (χ2v) is 8.32. The molecule has 1 aliphatic rings. The molecule has 1 amide bonds. The first kappa shape index (κ1) is 19.7. The Hall–Kier alpha value is -1.66. The second-order valence-electron chi connectivity index (χ2n) is 6.38. The van der Waals surface area contributed by atoms with Crippen molar-refractivity contribution in [3.8, 4) is 0 Å². The summed E-state index contributed by atoms with van der Waals surface area (Å²) in [5, 5.41) is 0. The van der Waals surface area contributed by atoms with Crippen molar-refractivity contribution < 1.29 is 13.2 Å². The van der Waals surface area contributed by atoms with E-state index in [1.807, 2.05) is 25.8 Å². The predicted octanol–water partition coefficient (Wildman–Crippen LogP) is 3.13. The van der Waals surface area contributed by atoms with E-state index in [4.69, 9.17) is 0 Å². The molecule has 138 valence electrons. The molecule has 0 N–H and O–H groups in total. The van der Waals surface area contributed by atoms with E-state index >= 15 is 0 Å². The van der Waals surface area contributed by atoms with E-state index in [1.165, 1.54) is 17.1 Å². The molecule has 25 heavy (non-hydrogen) atoms. The number of sulfonamides is 1. The third kappa shape index (κ3) is 4.70. The van der Waals surface area contributed by atoms with Crippen LogP contribution in [-0.4, -0.2) is 49.7 Å². The Bertz CT molecular complexity index is 701. The van der Waals surface area contributed by atoms with Crippen molar-refractivity contribution in [1.82, 2.24) is 9.21 Å². The summed E-state index contributed by atoms with van der Waals surface area (Å²) in [6.07, 6.45) is 7.83. The summed E-state index contributed by atoms with van der Waals surface area (Å²) in [5.41, 5.74) is 0.812. The maximum atomic E-state index is 12.5. The lowest BCUT2D eigenvalue weighted by molar-refractivity contribution is -0.126. The minimum absolute atomic E-state index is 0.00765. The third-order valence-corrected chi connectivity index (χ3v) is 6.93. The molecular weight excluding hydrogens is 336 g/mol. The summed E-state index contributed by atoms with van der Waals surface area (Å²) in [5.74, 6) is -0.00765. The lowest BCUT2D eigenvalue weighted by Gasteiger charge is -2.22. The van der Waals surface area contributed by atoms with Gasteiger partial charge in [-0.1, -0.05) is 38.8 Å². The number of carbonyl (C=O) groups is 1. The number of amides is 1. The van der Waals surface area contributed by atoms with E-state index in [9.17, 15) is 13.2 Å². The SMILES string of the molecule is CCN(CC)S(=O)(=O)c1ccc(C=CC(=O)N(C)C2CCCC2)cc1. The van der Waals surface area contributed by atoms with Gasteiger partial charge in [-0.3, -0.25) is 4.79 Å². The fourth-order valence-corrected chi connectivity index (χ4v) is 4.68. The molecule has 1 aromatic carbocycles. The highest BCUT2D eigenvalue weighted by atomic mass is 32.2. The zero-order valence-corrected chi connectivity index (χ0v) is 16.1. The zero-order valence-electron chi connectivity index (χ0n) is 15.3. The summed E-state index contributed by atoms with van der Waals surface area (Å²) in [6, 6.07) is 7.00. The Morgan fingerprint density at radius 2 is 1.68 bits per heavy atom. The van der Waals surface area contributed by atoms with E-state index in [1.54, 1.807) is 36.4 Å². The molecule has 1 saturated carbocycles. The highest BCUT2D eigenvalue weighted by Crippen LogP contribution is 2.22. The van der Waals surface area contributed by atoms with Gasteiger partial charge in [0.25, 0.3) is 0 Å². The Morgan fingerprint density at radius 1 is 1.12 bits per heavy atom. The van der Waals surface area contributed by atoms with Gasteiger partial charge in [-0.25, -0.2) is 8.42 Å². The van der Waals surface area contributed by atoms with Crippen molar-refractivity contribution in [2.75, 3.05) is 20.1 Å². The van der Waals surface area contributed by atoms with Crippen molar-refractivity contribution in [2.24, 2.45) is 0 Å². The van der Waals surface area contributed by atoms with Gasteiger partial charge in [-0.15, -0.1) is 0 Å². The number of benzene rings is 1. The van der Waals surface area contributed by atoms with Crippen LogP contribution in [0.15, 0.2) is 35.2 Å². The number of rotatable bonds is 7. The average molecular weight is 365 g/mol. The van der Waals surface area contributed by atoms with Gasteiger partial charge >= 0.3 is 0 Å². The van der Waals surface area contributed by atoms with Crippen LogP contribution in [0, 0.1) is 0 Å². The summed E-state index contributed by atoms with van der Waals surface area (Å²) < 4.78 is 26.3. The first-order valence-electron chi connectivity index (χ1n) is 8.95. The van der Waals surface area contributed by atoms with Crippen molar-refractivity contribution in [1.29, 1.82) is 0 Å². The van der Waals surface area contributed by atoms with Gasteiger partial charge in [-0.2, -0.15) is 4.31 Å². The standard InChI is InChI=1S/C19H28N2O3S/c1-4-21(5-2)25(23,24)18-13-10-16(11-14-18)12-15-19(22)20(3)17-8-6-7-9-17/h10-15,17H,4-9H2,1-3H3. The minimum Gasteiger partial charge on any atom is -0.339 e. The normalized spacial score (nSPS) is 16.0. The van der Waals surface area contributed by atoms with Crippen molar-refractivity contribution in [3.05, 3.63) is 35.9 Å². The number of hydrogen-bond donors (Lipinski definition) is 0. The van der Waals surface area contributed by atoms with Crippen molar-refractivity contribution in [2.45, 2.75) is 50.5 Å². The Morgan fingerprint density at radius 3 is 2.20 bits per heavy atom. The van der Waals surface area contributed by atoms with E-state index in [0.29, 0.717) is 19.1 Å². The molecule has 0 spiro atoms. The van der Waals surface area contributed by atoms with Crippen molar-refractivity contribution >= 4 is 22.0 Å². The largest absolute Gasteiger partial charge is 0.339 e. The van der Waals surface area contributed by atoms with Crippen LogP contribution in [0.4, 0.5) is 0 Å². The lowest BCUT2D eigenvalue weighted by Crippen LogP contribution is -2.33. The molecule has 0 unspecified atom stereocenters. The van der Waals surface area contributed by atoms with Crippen molar-refractivity contribution in [3.63, 3.8) is 0 Å². The smallest absolute Gasteiger partial charge is 0.246 e. The van der Waals surface area contributed by atoms with Crippen LogP contribution in [0.2, 0.25) is 0 Å².